The zero-order chi connectivity index (χ0) is 24.1. The third kappa shape index (κ3) is 5.61. The summed E-state index contributed by atoms with van der Waals surface area (Å²) in [7, 11) is 0. The lowest BCUT2D eigenvalue weighted by atomic mass is 9.81. The molecule has 0 saturated carbocycles. The summed E-state index contributed by atoms with van der Waals surface area (Å²) in [4.78, 5) is 14.0. The summed E-state index contributed by atoms with van der Waals surface area (Å²) in [5, 5.41) is 0.917. The van der Waals surface area contributed by atoms with Gasteiger partial charge < -0.3 is 14.4 Å². The summed E-state index contributed by atoms with van der Waals surface area (Å²) in [6.45, 7) is 2.96. The molecule has 0 aliphatic carbocycles. The normalized spacial score (nSPS) is 20.4. The fourth-order valence-corrected chi connectivity index (χ4v) is 4.65. The van der Waals surface area contributed by atoms with Crippen molar-refractivity contribution < 1.29 is 18.7 Å². The minimum Gasteiger partial charge on any atom is -0.368 e. The van der Waals surface area contributed by atoms with Crippen LogP contribution >= 0.6 is 23.2 Å². The number of carbonyl (C=O) groups is 1. The summed E-state index contributed by atoms with van der Waals surface area (Å²) < 4.78 is 26.6. The summed E-state index contributed by atoms with van der Waals surface area (Å²) >= 11 is 12.4. The van der Waals surface area contributed by atoms with Crippen LogP contribution in [0.4, 0.5) is 4.39 Å². The second-order valence-corrected chi connectivity index (χ2v) is 9.26. The van der Waals surface area contributed by atoms with E-state index in [0.717, 1.165) is 11.1 Å². The molecule has 1 amide bonds. The lowest BCUT2D eigenvalue weighted by Crippen LogP contribution is -2.56. The smallest absolute Gasteiger partial charge is 0.219 e. The monoisotopic (exact) mass is 501 g/mol. The van der Waals surface area contributed by atoms with Gasteiger partial charge in [0.2, 0.25) is 5.91 Å². The highest BCUT2D eigenvalue weighted by Gasteiger charge is 2.47. The van der Waals surface area contributed by atoms with E-state index in [1.54, 1.807) is 17.9 Å². The van der Waals surface area contributed by atoms with Gasteiger partial charge in [0.05, 0.1) is 19.8 Å². The molecular formula is C27H26Cl2FNO3. The molecular weight excluding hydrogens is 476 g/mol. The highest BCUT2D eigenvalue weighted by Crippen LogP contribution is 2.40. The second kappa shape index (κ2) is 10.9. The number of halogens is 3. The van der Waals surface area contributed by atoms with Crippen LogP contribution in [-0.2, 0) is 33.1 Å². The minimum absolute atomic E-state index is 0.0267. The Hall–Kier alpha value is -2.44. The van der Waals surface area contributed by atoms with Crippen molar-refractivity contribution in [2.45, 2.75) is 38.3 Å². The average Bonchev–Trinajstić information content (AvgIpc) is 2.83. The zero-order valence-corrected chi connectivity index (χ0v) is 20.4. The van der Waals surface area contributed by atoms with Crippen molar-refractivity contribution in [1.82, 2.24) is 4.90 Å². The van der Waals surface area contributed by atoms with Crippen LogP contribution in [0, 0.1) is 5.82 Å². The Bertz CT molecular complexity index is 1130. The molecule has 1 fully saturated rings. The van der Waals surface area contributed by atoms with Crippen molar-refractivity contribution in [1.29, 1.82) is 0 Å². The molecule has 0 N–H and O–H groups in total. The van der Waals surface area contributed by atoms with Crippen molar-refractivity contribution in [2.75, 3.05) is 13.1 Å². The van der Waals surface area contributed by atoms with Gasteiger partial charge in [-0.15, -0.1) is 0 Å². The number of likely N-dealkylation sites (tertiary alicyclic amines) is 1. The molecule has 3 aromatic rings. The van der Waals surface area contributed by atoms with Crippen LogP contribution in [0.2, 0.25) is 10.0 Å². The summed E-state index contributed by atoms with van der Waals surface area (Å²) in [6.07, 6.45) is 0.0548. The quantitative estimate of drug-likeness (QED) is 0.376. The molecule has 1 aliphatic rings. The van der Waals surface area contributed by atoms with E-state index in [4.69, 9.17) is 32.7 Å². The van der Waals surface area contributed by atoms with Gasteiger partial charge in [0.15, 0.2) is 0 Å². The fourth-order valence-electron chi connectivity index (χ4n) is 4.30. The van der Waals surface area contributed by atoms with Crippen LogP contribution in [0.3, 0.4) is 0 Å². The minimum atomic E-state index is -0.821. The van der Waals surface area contributed by atoms with E-state index in [2.05, 4.69) is 0 Å². The molecule has 1 heterocycles. The average molecular weight is 502 g/mol. The van der Waals surface area contributed by atoms with Crippen LogP contribution in [0.15, 0.2) is 72.8 Å². The summed E-state index contributed by atoms with van der Waals surface area (Å²) in [5.41, 5.74) is 1.80. The molecule has 4 nitrogen and oxygen atoms in total. The van der Waals surface area contributed by atoms with E-state index in [9.17, 15) is 9.18 Å². The van der Waals surface area contributed by atoms with Crippen molar-refractivity contribution in [2.24, 2.45) is 0 Å². The van der Waals surface area contributed by atoms with Crippen molar-refractivity contribution in [3.05, 3.63) is 105 Å². The van der Waals surface area contributed by atoms with Gasteiger partial charge in [-0.1, -0.05) is 71.7 Å². The van der Waals surface area contributed by atoms with Gasteiger partial charge in [0.1, 0.15) is 17.5 Å². The number of ether oxygens (including phenoxy) is 2. The molecule has 2 atom stereocenters. The molecule has 178 valence electrons. The molecule has 3 aromatic carbocycles. The molecule has 0 bridgehead atoms. The zero-order valence-electron chi connectivity index (χ0n) is 18.8. The Morgan fingerprint density at radius 3 is 2.47 bits per heavy atom. The van der Waals surface area contributed by atoms with E-state index in [1.165, 1.54) is 12.1 Å². The first-order chi connectivity index (χ1) is 16.4. The molecule has 0 radical (unpaired) electrons. The highest BCUT2D eigenvalue weighted by atomic mass is 35.5. The first-order valence-corrected chi connectivity index (χ1v) is 11.9. The van der Waals surface area contributed by atoms with E-state index >= 15 is 0 Å². The third-order valence-corrected chi connectivity index (χ3v) is 6.84. The standard InChI is InChI=1S/C27H26Cl2FNO3/c1-19(32)31-14-13-27(22-8-10-23(28)11-9-22,34-17-20-5-3-2-4-6-20)26(16-31)33-18-21-7-12-24(30)15-25(21)29/h2-12,15,26H,13-14,16-18H2,1H3/t26-,27-/m0/s1. The first-order valence-electron chi connectivity index (χ1n) is 11.1. The maximum Gasteiger partial charge on any atom is 0.219 e. The Kier molecular flexibility index (Phi) is 7.89. The summed E-state index contributed by atoms with van der Waals surface area (Å²) in [5.74, 6) is -0.433. The van der Waals surface area contributed by atoms with Gasteiger partial charge in [-0.05, 0) is 41.0 Å². The molecule has 1 aliphatic heterocycles. The van der Waals surface area contributed by atoms with Gasteiger partial charge >= 0.3 is 0 Å². The number of carbonyl (C=O) groups excluding carboxylic acids is 1. The van der Waals surface area contributed by atoms with Gasteiger partial charge in [0, 0.05) is 29.9 Å². The largest absolute Gasteiger partial charge is 0.368 e. The number of hydrogen-bond acceptors (Lipinski definition) is 3. The molecule has 1 saturated heterocycles. The van der Waals surface area contributed by atoms with Gasteiger partial charge in [-0.3, -0.25) is 4.79 Å². The van der Waals surface area contributed by atoms with Gasteiger partial charge in [-0.25, -0.2) is 4.39 Å². The molecule has 4 rings (SSSR count). The number of benzene rings is 3. The first kappa shape index (κ1) is 24.7. The number of rotatable bonds is 7. The maximum atomic E-state index is 13.5. The lowest BCUT2D eigenvalue weighted by Gasteiger charge is -2.47. The van der Waals surface area contributed by atoms with Crippen molar-refractivity contribution >= 4 is 29.1 Å². The van der Waals surface area contributed by atoms with Crippen molar-refractivity contribution in [3.63, 3.8) is 0 Å². The maximum absolute atomic E-state index is 13.5. The summed E-state index contributed by atoms with van der Waals surface area (Å²) in [6, 6.07) is 21.7. The molecule has 34 heavy (non-hydrogen) atoms. The topological polar surface area (TPSA) is 38.8 Å². The van der Waals surface area contributed by atoms with Gasteiger partial charge in [0.25, 0.3) is 0 Å². The van der Waals surface area contributed by atoms with E-state index < -0.39 is 17.5 Å². The Labute approximate surface area is 209 Å². The van der Waals surface area contributed by atoms with E-state index in [1.807, 2.05) is 54.6 Å². The van der Waals surface area contributed by atoms with E-state index in [0.29, 0.717) is 41.7 Å². The predicted octanol–water partition coefficient (Wildman–Crippen LogP) is 6.38. The SMILES string of the molecule is CC(=O)N1CC[C@](OCc2ccccc2)(c2ccc(Cl)cc2)[C@@H](OCc2ccc(F)cc2Cl)C1. The Balaban J connectivity index is 1.68. The molecule has 0 aromatic heterocycles. The number of amides is 1. The van der Waals surface area contributed by atoms with Crippen LogP contribution < -0.4 is 0 Å². The fraction of sp³-hybridized carbons (Fsp3) is 0.296. The Morgan fingerprint density at radius 1 is 1.06 bits per heavy atom. The molecule has 7 heteroatoms. The molecule has 0 spiro atoms. The number of hydrogen-bond donors (Lipinski definition) is 0. The van der Waals surface area contributed by atoms with E-state index in [-0.39, 0.29) is 12.5 Å². The van der Waals surface area contributed by atoms with Crippen molar-refractivity contribution in [3.8, 4) is 0 Å². The van der Waals surface area contributed by atoms with Crippen LogP contribution in [0.1, 0.15) is 30.0 Å². The number of piperidine rings is 1. The second-order valence-electron chi connectivity index (χ2n) is 8.42. The van der Waals surface area contributed by atoms with Crippen LogP contribution in [0.5, 0.6) is 0 Å². The Morgan fingerprint density at radius 2 is 1.79 bits per heavy atom. The lowest BCUT2D eigenvalue weighted by molar-refractivity contribution is -0.195. The highest BCUT2D eigenvalue weighted by molar-refractivity contribution is 6.31. The van der Waals surface area contributed by atoms with Crippen LogP contribution in [-0.4, -0.2) is 30.0 Å². The molecule has 0 unspecified atom stereocenters. The van der Waals surface area contributed by atoms with Gasteiger partial charge in [-0.2, -0.15) is 0 Å². The van der Waals surface area contributed by atoms with Crippen LogP contribution in [0.25, 0.3) is 0 Å². The predicted molar refractivity (Wildman–Crippen MR) is 131 cm³/mol. The number of nitrogens with zero attached hydrogens (tertiary/aromatic N) is 1. The third-order valence-electron chi connectivity index (χ3n) is 6.23.